The maximum atomic E-state index is 12.7. The van der Waals surface area contributed by atoms with Crippen LogP contribution >= 0.6 is 11.6 Å². The maximum Gasteiger partial charge on any atom is 0.312 e. The molecule has 8 nitrogen and oxygen atoms in total. The Bertz CT molecular complexity index is 819. The van der Waals surface area contributed by atoms with Gasteiger partial charge in [-0.2, -0.15) is 0 Å². The standard InChI is InChI=1S/C20H24ClN3O5/c21-15-10-13(11-16-18(15)29-9-1-8-28-16)12-17(25)23-4-6-24(7-5-23)20(27)19(26)22-14-2-3-14/h10-11,14H,1-9,12H2,(H,22,26). The molecule has 1 aromatic rings. The molecule has 0 spiro atoms. The summed E-state index contributed by atoms with van der Waals surface area (Å²) in [6.07, 6.45) is 2.84. The van der Waals surface area contributed by atoms with Gasteiger partial charge in [0.25, 0.3) is 0 Å². The minimum absolute atomic E-state index is 0.0508. The van der Waals surface area contributed by atoms with Gasteiger partial charge in [0.2, 0.25) is 5.91 Å². The van der Waals surface area contributed by atoms with Gasteiger partial charge in [-0.15, -0.1) is 0 Å². The summed E-state index contributed by atoms with van der Waals surface area (Å²) >= 11 is 6.30. The van der Waals surface area contributed by atoms with E-state index in [1.54, 1.807) is 17.0 Å². The van der Waals surface area contributed by atoms with Crippen LogP contribution in [0.2, 0.25) is 5.02 Å². The molecular formula is C20H24ClN3O5. The van der Waals surface area contributed by atoms with E-state index in [0.717, 1.165) is 24.8 Å². The number of carbonyl (C=O) groups is 3. The largest absolute Gasteiger partial charge is 0.489 e. The number of hydrogen-bond acceptors (Lipinski definition) is 5. The first-order valence-electron chi connectivity index (χ1n) is 9.97. The van der Waals surface area contributed by atoms with E-state index in [9.17, 15) is 14.4 Å². The first kappa shape index (κ1) is 19.8. The van der Waals surface area contributed by atoms with Crippen molar-refractivity contribution in [2.75, 3.05) is 39.4 Å². The van der Waals surface area contributed by atoms with Gasteiger partial charge >= 0.3 is 11.8 Å². The summed E-state index contributed by atoms with van der Waals surface area (Å²) < 4.78 is 11.3. The van der Waals surface area contributed by atoms with E-state index in [1.807, 2.05) is 0 Å². The highest BCUT2D eigenvalue weighted by Crippen LogP contribution is 2.38. The van der Waals surface area contributed by atoms with Gasteiger partial charge in [-0.25, -0.2) is 0 Å². The summed E-state index contributed by atoms with van der Waals surface area (Å²) in [6, 6.07) is 3.68. The van der Waals surface area contributed by atoms with Crippen molar-refractivity contribution in [3.63, 3.8) is 0 Å². The van der Waals surface area contributed by atoms with Gasteiger partial charge < -0.3 is 24.6 Å². The van der Waals surface area contributed by atoms with Crippen molar-refractivity contribution in [2.24, 2.45) is 0 Å². The highest BCUT2D eigenvalue weighted by molar-refractivity contribution is 6.35. The van der Waals surface area contributed by atoms with Crippen molar-refractivity contribution in [1.29, 1.82) is 0 Å². The number of hydrogen-bond donors (Lipinski definition) is 1. The smallest absolute Gasteiger partial charge is 0.312 e. The van der Waals surface area contributed by atoms with Crippen LogP contribution < -0.4 is 14.8 Å². The highest BCUT2D eigenvalue weighted by Gasteiger charge is 2.31. The summed E-state index contributed by atoms with van der Waals surface area (Å²) in [5, 5.41) is 3.14. The van der Waals surface area contributed by atoms with E-state index in [4.69, 9.17) is 21.1 Å². The molecule has 0 radical (unpaired) electrons. The molecule has 2 aliphatic heterocycles. The zero-order valence-electron chi connectivity index (χ0n) is 16.1. The summed E-state index contributed by atoms with van der Waals surface area (Å²) in [5.41, 5.74) is 0.756. The number of piperazine rings is 1. The van der Waals surface area contributed by atoms with Crippen LogP contribution in [-0.2, 0) is 20.8 Å². The second kappa shape index (κ2) is 8.49. The lowest BCUT2D eigenvalue weighted by Gasteiger charge is -2.34. The third-order valence-electron chi connectivity index (χ3n) is 5.24. The van der Waals surface area contributed by atoms with E-state index < -0.39 is 11.8 Å². The van der Waals surface area contributed by atoms with Crippen molar-refractivity contribution in [1.82, 2.24) is 15.1 Å². The molecule has 0 atom stereocenters. The second-order valence-electron chi connectivity index (χ2n) is 7.55. The van der Waals surface area contributed by atoms with Gasteiger partial charge in [0.05, 0.1) is 24.7 Å². The Kier molecular flexibility index (Phi) is 5.80. The number of fused-ring (bicyclic) bond motifs is 1. The van der Waals surface area contributed by atoms with Gasteiger partial charge in [-0.1, -0.05) is 11.6 Å². The molecular weight excluding hydrogens is 398 g/mol. The molecule has 156 valence electrons. The van der Waals surface area contributed by atoms with Gasteiger partial charge in [-0.05, 0) is 30.5 Å². The fourth-order valence-corrected chi connectivity index (χ4v) is 3.74. The highest BCUT2D eigenvalue weighted by atomic mass is 35.5. The molecule has 4 rings (SSSR count). The zero-order valence-corrected chi connectivity index (χ0v) is 16.9. The van der Waals surface area contributed by atoms with Crippen molar-refractivity contribution >= 4 is 29.3 Å². The Morgan fingerprint density at radius 2 is 1.72 bits per heavy atom. The van der Waals surface area contributed by atoms with Crippen LogP contribution in [-0.4, -0.2) is 73.0 Å². The molecule has 9 heteroatoms. The molecule has 3 amide bonds. The molecule has 3 aliphatic rings. The summed E-state index contributed by atoms with van der Waals surface area (Å²) in [6.45, 7) is 2.60. The molecule has 1 aromatic carbocycles. The third-order valence-corrected chi connectivity index (χ3v) is 5.52. The second-order valence-corrected chi connectivity index (χ2v) is 7.96. The van der Waals surface area contributed by atoms with Crippen LogP contribution in [0.1, 0.15) is 24.8 Å². The molecule has 1 aliphatic carbocycles. The lowest BCUT2D eigenvalue weighted by molar-refractivity contribution is -0.148. The fourth-order valence-electron chi connectivity index (χ4n) is 3.45. The third kappa shape index (κ3) is 4.75. The fraction of sp³-hybridized carbons (Fsp3) is 0.550. The van der Waals surface area contributed by atoms with Gasteiger partial charge in [0.15, 0.2) is 11.5 Å². The molecule has 0 aromatic heterocycles. The number of benzene rings is 1. The maximum absolute atomic E-state index is 12.7. The first-order chi connectivity index (χ1) is 14.0. The predicted molar refractivity (Wildman–Crippen MR) is 105 cm³/mol. The molecule has 29 heavy (non-hydrogen) atoms. The molecule has 0 bridgehead atoms. The van der Waals surface area contributed by atoms with Crippen LogP contribution in [0.5, 0.6) is 11.5 Å². The molecule has 1 saturated heterocycles. The Hall–Kier alpha value is -2.48. The Labute approximate surface area is 174 Å². The van der Waals surface area contributed by atoms with E-state index in [2.05, 4.69) is 5.32 Å². The number of nitrogens with zero attached hydrogens (tertiary/aromatic N) is 2. The monoisotopic (exact) mass is 421 g/mol. The first-order valence-corrected chi connectivity index (χ1v) is 10.3. The Balaban J connectivity index is 1.32. The molecule has 1 N–H and O–H groups in total. The number of amides is 3. The Morgan fingerprint density at radius 3 is 2.45 bits per heavy atom. The predicted octanol–water partition coefficient (Wildman–Crippen LogP) is 0.993. The molecule has 1 saturated carbocycles. The minimum Gasteiger partial charge on any atom is -0.489 e. The average Bonchev–Trinajstić information content (AvgIpc) is 3.54. The van der Waals surface area contributed by atoms with Crippen LogP contribution in [0.3, 0.4) is 0 Å². The summed E-state index contributed by atoms with van der Waals surface area (Å²) in [5.74, 6) is -0.0234. The topological polar surface area (TPSA) is 88.2 Å². The van der Waals surface area contributed by atoms with Crippen molar-refractivity contribution in [3.8, 4) is 11.5 Å². The van der Waals surface area contributed by atoms with E-state index in [1.165, 1.54) is 4.90 Å². The molecule has 2 fully saturated rings. The van der Waals surface area contributed by atoms with Crippen LogP contribution in [0, 0.1) is 0 Å². The average molecular weight is 422 g/mol. The molecule has 2 heterocycles. The summed E-state index contributed by atoms with van der Waals surface area (Å²) in [4.78, 5) is 40.0. The van der Waals surface area contributed by atoms with Gasteiger partial charge in [-0.3, -0.25) is 14.4 Å². The quantitative estimate of drug-likeness (QED) is 0.735. The van der Waals surface area contributed by atoms with E-state index in [0.29, 0.717) is 55.9 Å². The lowest BCUT2D eigenvalue weighted by atomic mass is 10.1. The van der Waals surface area contributed by atoms with Crippen molar-refractivity contribution < 1.29 is 23.9 Å². The number of carbonyl (C=O) groups excluding carboxylic acids is 3. The van der Waals surface area contributed by atoms with Gasteiger partial charge in [0, 0.05) is 38.6 Å². The van der Waals surface area contributed by atoms with Crippen LogP contribution in [0.25, 0.3) is 0 Å². The SMILES string of the molecule is O=C(NC1CC1)C(=O)N1CCN(C(=O)Cc2cc(Cl)c3c(c2)OCCCO3)CC1. The Morgan fingerprint density at radius 1 is 1.03 bits per heavy atom. The molecule has 0 unspecified atom stereocenters. The van der Waals surface area contributed by atoms with Gasteiger partial charge in [0.1, 0.15) is 0 Å². The summed E-state index contributed by atoms with van der Waals surface area (Å²) in [7, 11) is 0. The van der Waals surface area contributed by atoms with Crippen LogP contribution in [0.4, 0.5) is 0 Å². The van der Waals surface area contributed by atoms with Crippen LogP contribution in [0.15, 0.2) is 12.1 Å². The van der Waals surface area contributed by atoms with E-state index >= 15 is 0 Å². The lowest BCUT2D eigenvalue weighted by Crippen LogP contribution is -2.54. The van der Waals surface area contributed by atoms with Crippen molar-refractivity contribution in [2.45, 2.75) is 31.7 Å². The minimum atomic E-state index is -0.547. The normalized spacial score (nSPS) is 18.8. The van der Waals surface area contributed by atoms with E-state index in [-0.39, 0.29) is 18.4 Å². The number of rotatable bonds is 3. The number of ether oxygens (including phenoxy) is 2. The van der Waals surface area contributed by atoms with Crippen molar-refractivity contribution in [3.05, 3.63) is 22.7 Å². The number of halogens is 1. The number of nitrogens with one attached hydrogen (secondary N) is 1. The zero-order chi connectivity index (χ0) is 20.4.